The van der Waals surface area contributed by atoms with Crippen LogP contribution in [0.5, 0.6) is 0 Å². The standard InChI is InChI=1S/C7H13Br/c8-6-7-4-2-1-3-5-7/h7H,1-6H2/i1D2,2D2,3D2,4D2,5D2,7D. The lowest BCUT2D eigenvalue weighted by atomic mass is 9.91. The van der Waals surface area contributed by atoms with Crippen LogP contribution >= 0.6 is 15.9 Å². The summed E-state index contributed by atoms with van der Waals surface area (Å²) in [4.78, 5) is 0. The Hall–Kier alpha value is 0.480. The molecular weight excluding hydrogens is 164 g/mol. The van der Waals surface area contributed by atoms with Gasteiger partial charge in [0.15, 0.2) is 0 Å². The van der Waals surface area contributed by atoms with E-state index >= 15 is 0 Å². The molecule has 0 aromatic carbocycles. The minimum atomic E-state index is -3.43. The number of rotatable bonds is 1. The molecule has 0 nitrogen and oxygen atoms in total. The van der Waals surface area contributed by atoms with Gasteiger partial charge in [0.1, 0.15) is 0 Å². The topological polar surface area (TPSA) is 0 Å². The van der Waals surface area contributed by atoms with Crippen molar-refractivity contribution in [1.29, 1.82) is 0 Å². The molecule has 0 aliphatic heterocycles. The minimum Gasteiger partial charge on any atom is -0.0925 e. The summed E-state index contributed by atoms with van der Waals surface area (Å²) in [7, 11) is 0. The number of halogens is 1. The molecule has 0 amide bonds. The Morgan fingerprint density at radius 2 is 2.12 bits per heavy atom. The van der Waals surface area contributed by atoms with Crippen LogP contribution in [0, 0.1) is 5.89 Å². The van der Waals surface area contributed by atoms with Gasteiger partial charge in [0, 0.05) is 20.4 Å². The van der Waals surface area contributed by atoms with Crippen molar-refractivity contribution >= 4 is 15.9 Å². The number of hydrogen-bond acceptors (Lipinski definition) is 0. The first-order valence-electron chi connectivity index (χ1n) is 7.62. The average Bonchev–Trinajstić information content (AvgIpc) is 2.24. The maximum atomic E-state index is 7.92. The number of alkyl halides is 1. The van der Waals surface area contributed by atoms with E-state index < -0.39 is 43.1 Å². The molecule has 0 radical (unpaired) electrons. The molecule has 0 spiro atoms. The van der Waals surface area contributed by atoms with Crippen molar-refractivity contribution in [3.05, 3.63) is 0 Å². The Morgan fingerprint density at radius 1 is 1.50 bits per heavy atom. The summed E-state index contributed by atoms with van der Waals surface area (Å²) < 4.78 is 84.1. The van der Waals surface area contributed by atoms with Gasteiger partial charge in [-0.05, 0) is 18.6 Å². The zero-order valence-corrected chi connectivity index (χ0v) is 5.67. The molecular formula is C7H13Br. The molecule has 1 heteroatoms. The maximum Gasteiger partial charge on any atom is 0.0311 e. The summed E-state index contributed by atoms with van der Waals surface area (Å²) >= 11 is 2.74. The Kier molecular flexibility index (Phi) is 0.546. The highest BCUT2D eigenvalue weighted by atomic mass is 79.9. The van der Waals surface area contributed by atoms with Crippen molar-refractivity contribution in [2.24, 2.45) is 5.89 Å². The molecule has 0 N–H and O–H groups in total. The van der Waals surface area contributed by atoms with Crippen molar-refractivity contribution in [2.45, 2.75) is 31.9 Å². The smallest absolute Gasteiger partial charge is 0.0311 e. The molecule has 0 aromatic heterocycles. The summed E-state index contributed by atoms with van der Waals surface area (Å²) in [5.74, 6) is -2.82. The van der Waals surface area contributed by atoms with E-state index in [0.717, 1.165) is 0 Å². The van der Waals surface area contributed by atoms with Crippen LogP contribution in [0.1, 0.15) is 46.9 Å². The molecule has 0 aromatic rings. The van der Waals surface area contributed by atoms with E-state index in [1.807, 2.05) is 0 Å². The van der Waals surface area contributed by atoms with Gasteiger partial charge in [-0.15, -0.1) is 0 Å². The van der Waals surface area contributed by atoms with Crippen LogP contribution in [0.4, 0.5) is 0 Å². The van der Waals surface area contributed by atoms with E-state index in [-0.39, 0.29) is 0 Å². The molecule has 0 bridgehead atoms. The lowest BCUT2D eigenvalue weighted by molar-refractivity contribution is 0.392. The maximum absolute atomic E-state index is 7.92. The third-order valence-corrected chi connectivity index (χ3v) is 1.25. The molecule has 1 aliphatic rings. The average molecular weight is 188 g/mol. The van der Waals surface area contributed by atoms with Crippen LogP contribution in [-0.2, 0) is 0 Å². The molecule has 1 saturated carbocycles. The SMILES string of the molecule is [2H]C1([2H])C([2H])([2H])C([2H])([2H])C([2H])(CBr)C([2H])([2H])C1([2H])[2H]. The van der Waals surface area contributed by atoms with Gasteiger partial charge in [0.2, 0.25) is 0 Å². The van der Waals surface area contributed by atoms with Crippen molar-refractivity contribution in [3.63, 3.8) is 0 Å². The highest BCUT2D eigenvalue weighted by Crippen LogP contribution is 2.24. The van der Waals surface area contributed by atoms with Gasteiger partial charge in [0.25, 0.3) is 0 Å². The predicted molar refractivity (Wildman–Crippen MR) is 40.4 cm³/mol. The molecule has 1 rings (SSSR count). The fourth-order valence-electron chi connectivity index (χ4n) is 0.343. The molecule has 0 saturated heterocycles. The fourth-order valence-corrected chi connectivity index (χ4v) is 0.623. The fraction of sp³-hybridized carbons (Fsp3) is 1.00. The molecule has 48 valence electrons. The van der Waals surface area contributed by atoms with Gasteiger partial charge in [-0.1, -0.05) is 35.0 Å². The Morgan fingerprint density at radius 3 is 2.62 bits per heavy atom. The highest BCUT2D eigenvalue weighted by Gasteiger charge is 2.10. The Balaban J connectivity index is 3.76. The first kappa shape index (κ1) is 1.25. The zero-order valence-electron chi connectivity index (χ0n) is 15.1. The van der Waals surface area contributed by atoms with Crippen LogP contribution in [-0.4, -0.2) is 5.33 Å². The summed E-state index contributed by atoms with van der Waals surface area (Å²) in [6.07, 6.45) is -16.6. The van der Waals surface area contributed by atoms with E-state index in [2.05, 4.69) is 15.9 Å². The van der Waals surface area contributed by atoms with E-state index in [0.29, 0.717) is 0 Å². The third-order valence-electron chi connectivity index (χ3n) is 0.685. The lowest BCUT2D eigenvalue weighted by Gasteiger charge is -2.18. The van der Waals surface area contributed by atoms with Crippen LogP contribution in [0.15, 0.2) is 0 Å². The summed E-state index contributed by atoms with van der Waals surface area (Å²) in [6, 6.07) is 0. The van der Waals surface area contributed by atoms with Gasteiger partial charge < -0.3 is 0 Å². The van der Waals surface area contributed by atoms with E-state index in [9.17, 15) is 0 Å². The summed E-state index contributed by atoms with van der Waals surface area (Å²) in [5, 5.41) is -0.672. The molecule has 1 aliphatic carbocycles. The minimum absolute atomic E-state index is 0.672. The summed E-state index contributed by atoms with van der Waals surface area (Å²) in [6.45, 7) is 0. The van der Waals surface area contributed by atoms with Crippen molar-refractivity contribution in [2.75, 3.05) is 5.33 Å². The molecule has 0 heterocycles. The van der Waals surface area contributed by atoms with E-state index in [4.69, 9.17) is 15.1 Å². The van der Waals surface area contributed by atoms with Crippen molar-refractivity contribution in [3.8, 4) is 0 Å². The quantitative estimate of drug-likeness (QED) is 0.555. The molecule has 0 unspecified atom stereocenters. The van der Waals surface area contributed by atoms with Gasteiger partial charge in [-0.2, -0.15) is 0 Å². The molecule has 8 heavy (non-hydrogen) atoms. The van der Waals surface area contributed by atoms with Crippen LogP contribution < -0.4 is 0 Å². The van der Waals surface area contributed by atoms with Gasteiger partial charge in [-0.3, -0.25) is 0 Å². The van der Waals surface area contributed by atoms with Gasteiger partial charge in [0.05, 0.1) is 0 Å². The Bertz CT molecular complexity index is 357. The van der Waals surface area contributed by atoms with E-state index in [1.54, 1.807) is 0 Å². The lowest BCUT2D eigenvalue weighted by Crippen LogP contribution is -2.06. The van der Waals surface area contributed by atoms with E-state index in [1.165, 1.54) is 0 Å². The second kappa shape index (κ2) is 3.49. The second-order valence-electron chi connectivity index (χ2n) is 1.24. The van der Waals surface area contributed by atoms with Crippen LogP contribution in [0.3, 0.4) is 0 Å². The molecule has 0 atom stereocenters. The largest absolute Gasteiger partial charge is 0.0925 e. The number of hydrogen-bond donors (Lipinski definition) is 0. The Labute approximate surface area is 75.2 Å². The van der Waals surface area contributed by atoms with Gasteiger partial charge in [-0.25, -0.2) is 0 Å². The first-order valence-corrected chi connectivity index (χ1v) is 3.24. The van der Waals surface area contributed by atoms with Gasteiger partial charge >= 0.3 is 0 Å². The second-order valence-corrected chi connectivity index (χ2v) is 1.80. The van der Waals surface area contributed by atoms with Crippen LogP contribution in [0.2, 0.25) is 0 Å². The normalized spacial score (nSPS) is 79.4. The van der Waals surface area contributed by atoms with Crippen molar-refractivity contribution in [1.82, 2.24) is 0 Å². The molecule has 1 fully saturated rings. The van der Waals surface area contributed by atoms with Crippen LogP contribution in [0.25, 0.3) is 0 Å². The summed E-state index contributed by atoms with van der Waals surface area (Å²) in [5.41, 5.74) is 0. The first-order chi connectivity index (χ1) is 8.06. The predicted octanol–water partition coefficient (Wildman–Crippen LogP) is 2.96. The third kappa shape index (κ3) is 1.77. The highest BCUT2D eigenvalue weighted by molar-refractivity contribution is 9.09. The monoisotopic (exact) mass is 187 g/mol. The zero-order chi connectivity index (χ0) is 15.7. The van der Waals surface area contributed by atoms with Crippen molar-refractivity contribution < 1.29 is 15.1 Å².